The van der Waals surface area contributed by atoms with Crippen LogP contribution in [0.4, 0.5) is 14.6 Å². The molecule has 1 aromatic heterocycles. The van der Waals surface area contributed by atoms with Gasteiger partial charge >= 0.3 is 0 Å². The molecular formula is C23H26F2N4O3. The van der Waals surface area contributed by atoms with Crippen LogP contribution in [0.5, 0.6) is 0 Å². The first-order valence-electron chi connectivity index (χ1n) is 10.6. The summed E-state index contributed by atoms with van der Waals surface area (Å²) in [6, 6.07) is 6.41. The number of pyridine rings is 1. The molecule has 1 aliphatic rings. The Morgan fingerprint density at radius 1 is 1.12 bits per heavy atom. The van der Waals surface area contributed by atoms with E-state index in [2.05, 4.69) is 15.6 Å². The van der Waals surface area contributed by atoms with Crippen LogP contribution in [0, 0.1) is 24.5 Å². The van der Waals surface area contributed by atoms with Crippen LogP contribution in [0.25, 0.3) is 0 Å². The molecule has 0 radical (unpaired) electrons. The lowest BCUT2D eigenvalue weighted by molar-refractivity contribution is -0.134. The van der Waals surface area contributed by atoms with Crippen molar-refractivity contribution in [1.29, 1.82) is 0 Å². The lowest BCUT2D eigenvalue weighted by Crippen LogP contribution is -2.41. The second-order valence-corrected chi connectivity index (χ2v) is 7.85. The number of amides is 3. The summed E-state index contributed by atoms with van der Waals surface area (Å²) < 4.78 is 26.5. The van der Waals surface area contributed by atoms with Gasteiger partial charge in [-0.1, -0.05) is 0 Å². The molecule has 0 aliphatic carbocycles. The van der Waals surface area contributed by atoms with E-state index in [0.717, 1.165) is 17.7 Å². The highest BCUT2D eigenvalue weighted by atomic mass is 19.1. The van der Waals surface area contributed by atoms with E-state index < -0.39 is 17.5 Å². The number of benzene rings is 1. The van der Waals surface area contributed by atoms with Crippen molar-refractivity contribution in [3.63, 3.8) is 0 Å². The zero-order valence-electron chi connectivity index (χ0n) is 17.9. The molecule has 0 bridgehead atoms. The number of carbonyl (C=O) groups excluding carboxylic acids is 3. The van der Waals surface area contributed by atoms with Gasteiger partial charge in [-0.3, -0.25) is 14.4 Å². The molecule has 1 aliphatic heterocycles. The van der Waals surface area contributed by atoms with Gasteiger partial charge in [0, 0.05) is 44.2 Å². The fourth-order valence-corrected chi connectivity index (χ4v) is 3.59. The number of nitrogens with zero attached hydrogens (tertiary/aromatic N) is 2. The molecule has 0 unspecified atom stereocenters. The lowest BCUT2D eigenvalue weighted by Gasteiger charge is -2.31. The van der Waals surface area contributed by atoms with E-state index in [1.165, 1.54) is 0 Å². The van der Waals surface area contributed by atoms with E-state index in [-0.39, 0.29) is 36.3 Å². The SMILES string of the molecule is Cc1ccnc(NC(=O)C2CCN(C(=O)CCCNC(=O)c3ccc(F)cc3F)CC2)c1. The van der Waals surface area contributed by atoms with Gasteiger partial charge in [-0.2, -0.15) is 0 Å². The number of rotatable bonds is 7. The molecule has 3 rings (SSSR count). The van der Waals surface area contributed by atoms with Crippen molar-refractivity contribution in [2.45, 2.75) is 32.6 Å². The molecule has 0 saturated carbocycles. The number of aromatic nitrogens is 1. The number of nitrogens with one attached hydrogen (secondary N) is 2. The first kappa shape index (κ1) is 23.3. The average Bonchev–Trinajstić information content (AvgIpc) is 2.76. The predicted molar refractivity (Wildman–Crippen MR) is 115 cm³/mol. The van der Waals surface area contributed by atoms with Crippen LogP contribution in [-0.4, -0.2) is 47.2 Å². The smallest absolute Gasteiger partial charge is 0.254 e. The predicted octanol–water partition coefficient (Wildman–Crippen LogP) is 3.06. The summed E-state index contributed by atoms with van der Waals surface area (Å²) in [7, 11) is 0. The average molecular weight is 444 g/mol. The molecule has 1 fully saturated rings. The summed E-state index contributed by atoms with van der Waals surface area (Å²) in [6.45, 7) is 3.11. The molecular weight excluding hydrogens is 418 g/mol. The number of piperidine rings is 1. The molecule has 2 N–H and O–H groups in total. The first-order chi connectivity index (χ1) is 15.3. The second-order valence-electron chi connectivity index (χ2n) is 7.85. The minimum Gasteiger partial charge on any atom is -0.352 e. The number of halogens is 2. The normalized spacial score (nSPS) is 14.2. The zero-order chi connectivity index (χ0) is 23.1. The molecule has 7 nitrogen and oxygen atoms in total. The monoisotopic (exact) mass is 444 g/mol. The Hall–Kier alpha value is -3.36. The highest BCUT2D eigenvalue weighted by molar-refractivity contribution is 5.94. The van der Waals surface area contributed by atoms with Crippen molar-refractivity contribution in [3.8, 4) is 0 Å². The number of hydrogen-bond donors (Lipinski definition) is 2. The molecule has 9 heteroatoms. The van der Waals surface area contributed by atoms with Crippen LogP contribution in [0.2, 0.25) is 0 Å². The number of aryl methyl sites for hydroxylation is 1. The zero-order valence-corrected chi connectivity index (χ0v) is 17.9. The maximum atomic E-state index is 13.6. The summed E-state index contributed by atoms with van der Waals surface area (Å²) in [6.07, 6.45) is 3.42. The highest BCUT2D eigenvalue weighted by Gasteiger charge is 2.27. The van der Waals surface area contributed by atoms with E-state index in [4.69, 9.17) is 0 Å². The topological polar surface area (TPSA) is 91.4 Å². The van der Waals surface area contributed by atoms with Crippen molar-refractivity contribution in [2.75, 3.05) is 25.0 Å². The van der Waals surface area contributed by atoms with E-state index in [0.29, 0.717) is 44.2 Å². The van der Waals surface area contributed by atoms with Gasteiger partial charge in [0.2, 0.25) is 11.8 Å². The Morgan fingerprint density at radius 3 is 2.56 bits per heavy atom. The third kappa shape index (κ3) is 6.32. The highest BCUT2D eigenvalue weighted by Crippen LogP contribution is 2.20. The van der Waals surface area contributed by atoms with Crippen LogP contribution >= 0.6 is 0 Å². The fourth-order valence-electron chi connectivity index (χ4n) is 3.59. The molecule has 0 atom stereocenters. The summed E-state index contributed by atoms with van der Waals surface area (Å²) in [5.41, 5.74) is 0.772. The van der Waals surface area contributed by atoms with Crippen molar-refractivity contribution in [1.82, 2.24) is 15.2 Å². The number of likely N-dealkylation sites (tertiary alicyclic amines) is 1. The van der Waals surface area contributed by atoms with Gasteiger partial charge in [-0.05, 0) is 56.0 Å². The minimum atomic E-state index is -0.927. The van der Waals surface area contributed by atoms with Gasteiger partial charge in [0.05, 0.1) is 5.56 Å². The summed E-state index contributed by atoms with van der Waals surface area (Å²) >= 11 is 0. The Bertz CT molecular complexity index is 991. The third-order valence-corrected chi connectivity index (χ3v) is 5.41. The van der Waals surface area contributed by atoms with Crippen LogP contribution in [-0.2, 0) is 9.59 Å². The quantitative estimate of drug-likeness (QED) is 0.642. The molecule has 3 amide bonds. The van der Waals surface area contributed by atoms with Crippen LogP contribution in [0.15, 0.2) is 36.5 Å². The van der Waals surface area contributed by atoms with Crippen molar-refractivity contribution in [3.05, 3.63) is 59.3 Å². The molecule has 2 heterocycles. The van der Waals surface area contributed by atoms with Gasteiger partial charge in [0.25, 0.3) is 5.91 Å². The summed E-state index contributed by atoms with van der Waals surface area (Å²) in [4.78, 5) is 42.7. The van der Waals surface area contributed by atoms with E-state index in [1.807, 2.05) is 13.0 Å². The van der Waals surface area contributed by atoms with Gasteiger partial charge in [0.1, 0.15) is 17.5 Å². The first-order valence-corrected chi connectivity index (χ1v) is 10.6. The van der Waals surface area contributed by atoms with Gasteiger partial charge < -0.3 is 15.5 Å². The van der Waals surface area contributed by atoms with Crippen LogP contribution in [0.1, 0.15) is 41.6 Å². The van der Waals surface area contributed by atoms with Crippen molar-refractivity contribution in [2.24, 2.45) is 5.92 Å². The maximum Gasteiger partial charge on any atom is 0.254 e. The second kappa shape index (κ2) is 10.8. The van der Waals surface area contributed by atoms with E-state index >= 15 is 0 Å². The van der Waals surface area contributed by atoms with Gasteiger partial charge in [0.15, 0.2) is 0 Å². The summed E-state index contributed by atoms with van der Waals surface area (Å²) in [5.74, 6) is -2.12. The van der Waals surface area contributed by atoms with Gasteiger partial charge in [-0.15, -0.1) is 0 Å². The van der Waals surface area contributed by atoms with Crippen LogP contribution < -0.4 is 10.6 Å². The van der Waals surface area contributed by atoms with Crippen LogP contribution in [0.3, 0.4) is 0 Å². The molecule has 170 valence electrons. The molecule has 1 aromatic carbocycles. The van der Waals surface area contributed by atoms with Crippen molar-refractivity contribution < 1.29 is 23.2 Å². The molecule has 1 saturated heterocycles. The van der Waals surface area contributed by atoms with Crippen molar-refractivity contribution >= 4 is 23.5 Å². The number of anilines is 1. The molecule has 2 aromatic rings. The van der Waals surface area contributed by atoms with E-state index in [1.54, 1.807) is 17.2 Å². The Balaban J connectivity index is 1.36. The Kier molecular flexibility index (Phi) is 7.86. The minimum absolute atomic E-state index is 0.0496. The largest absolute Gasteiger partial charge is 0.352 e. The summed E-state index contributed by atoms with van der Waals surface area (Å²) in [5, 5.41) is 5.36. The third-order valence-electron chi connectivity index (χ3n) is 5.41. The maximum absolute atomic E-state index is 13.6. The van der Waals surface area contributed by atoms with Gasteiger partial charge in [-0.25, -0.2) is 13.8 Å². The fraction of sp³-hybridized carbons (Fsp3) is 0.391. The number of carbonyl (C=O) groups is 3. The molecule has 0 spiro atoms. The standard InChI is InChI=1S/C23H26F2N4O3/c1-15-6-10-26-20(13-15)28-22(31)16-7-11-29(12-8-16)21(30)3-2-9-27-23(32)18-5-4-17(24)14-19(18)25/h4-6,10,13-14,16H,2-3,7-9,11-12H2,1H3,(H,27,32)(H,26,28,31). The Labute approximate surface area is 185 Å². The lowest BCUT2D eigenvalue weighted by atomic mass is 9.95. The number of hydrogen-bond acceptors (Lipinski definition) is 4. The Morgan fingerprint density at radius 2 is 1.88 bits per heavy atom. The van der Waals surface area contributed by atoms with E-state index in [9.17, 15) is 23.2 Å². The molecule has 32 heavy (non-hydrogen) atoms.